The maximum absolute atomic E-state index is 6.18. The van der Waals surface area contributed by atoms with Crippen molar-refractivity contribution >= 4 is 21.5 Å². The number of hydrogen-bond donors (Lipinski definition) is 0. The molecule has 3 aromatic rings. The first kappa shape index (κ1) is 23.6. The molecule has 0 radical (unpaired) electrons. The Morgan fingerprint density at radius 3 is 1.65 bits per heavy atom. The molecule has 0 aromatic heterocycles. The van der Waals surface area contributed by atoms with Crippen LogP contribution in [0.1, 0.15) is 96.8 Å². The first-order chi connectivity index (χ1) is 15.4. The molecule has 3 rings (SSSR count). The van der Waals surface area contributed by atoms with Gasteiger partial charge in [-0.05, 0) is 40.8 Å². The van der Waals surface area contributed by atoms with E-state index in [2.05, 4.69) is 61.5 Å². The SMILES string of the molecule is CCCCCCCCCCCCCCCCOc1cccc2cc3ccccc3cc12. The van der Waals surface area contributed by atoms with Crippen LogP contribution in [0.4, 0.5) is 0 Å². The third-order valence-electron chi connectivity index (χ3n) is 6.46. The van der Waals surface area contributed by atoms with Gasteiger partial charge in [0.05, 0.1) is 6.61 Å². The van der Waals surface area contributed by atoms with Gasteiger partial charge in [-0.15, -0.1) is 0 Å². The quantitative estimate of drug-likeness (QED) is 0.166. The maximum atomic E-state index is 6.18. The van der Waals surface area contributed by atoms with Gasteiger partial charge in [-0.3, -0.25) is 0 Å². The van der Waals surface area contributed by atoms with E-state index in [0.717, 1.165) is 18.8 Å². The lowest BCUT2D eigenvalue weighted by atomic mass is 10.0. The van der Waals surface area contributed by atoms with Crippen molar-refractivity contribution < 1.29 is 4.74 Å². The summed E-state index contributed by atoms with van der Waals surface area (Å²) in [5, 5.41) is 5.06. The van der Waals surface area contributed by atoms with Crippen LogP contribution < -0.4 is 4.74 Å². The molecule has 1 heteroatoms. The Morgan fingerprint density at radius 1 is 0.516 bits per heavy atom. The molecule has 0 N–H and O–H groups in total. The third kappa shape index (κ3) is 8.20. The van der Waals surface area contributed by atoms with Crippen LogP contribution in [0, 0.1) is 0 Å². The van der Waals surface area contributed by atoms with Gasteiger partial charge >= 0.3 is 0 Å². The van der Waals surface area contributed by atoms with Gasteiger partial charge in [0.25, 0.3) is 0 Å². The van der Waals surface area contributed by atoms with Crippen molar-refractivity contribution in [3.8, 4) is 5.75 Å². The van der Waals surface area contributed by atoms with Gasteiger partial charge in [0.15, 0.2) is 0 Å². The second kappa shape index (κ2) is 14.1. The largest absolute Gasteiger partial charge is 0.493 e. The Bertz CT molecular complexity index is 882. The van der Waals surface area contributed by atoms with Crippen molar-refractivity contribution in [1.29, 1.82) is 0 Å². The van der Waals surface area contributed by atoms with Gasteiger partial charge in [0.1, 0.15) is 5.75 Å². The average molecular weight is 419 g/mol. The van der Waals surface area contributed by atoms with E-state index in [0.29, 0.717) is 0 Å². The summed E-state index contributed by atoms with van der Waals surface area (Å²) in [6.07, 6.45) is 19.5. The molecule has 0 bridgehead atoms. The fourth-order valence-corrected chi connectivity index (χ4v) is 4.54. The lowest BCUT2D eigenvalue weighted by Gasteiger charge is -2.10. The molecule has 0 atom stereocenters. The maximum Gasteiger partial charge on any atom is 0.127 e. The summed E-state index contributed by atoms with van der Waals surface area (Å²) in [7, 11) is 0. The molecule has 31 heavy (non-hydrogen) atoms. The molecule has 0 unspecified atom stereocenters. The number of unbranched alkanes of at least 4 members (excludes halogenated alkanes) is 13. The minimum atomic E-state index is 0.823. The smallest absolute Gasteiger partial charge is 0.127 e. The van der Waals surface area contributed by atoms with E-state index in [-0.39, 0.29) is 0 Å². The fraction of sp³-hybridized carbons (Fsp3) is 0.533. The van der Waals surface area contributed by atoms with Crippen molar-refractivity contribution in [2.24, 2.45) is 0 Å². The zero-order chi connectivity index (χ0) is 21.6. The fourth-order valence-electron chi connectivity index (χ4n) is 4.54. The summed E-state index contributed by atoms with van der Waals surface area (Å²) in [4.78, 5) is 0. The van der Waals surface area contributed by atoms with Crippen LogP contribution in [0.3, 0.4) is 0 Å². The summed E-state index contributed by atoms with van der Waals surface area (Å²) in [5.74, 6) is 1.03. The number of fused-ring (bicyclic) bond motifs is 2. The van der Waals surface area contributed by atoms with E-state index in [4.69, 9.17) is 4.74 Å². The van der Waals surface area contributed by atoms with Crippen molar-refractivity contribution in [3.63, 3.8) is 0 Å². The van der Waals surface area contributed by atoms with E-state index in [1.165, 1.54) is 105 Å². The standard InChI is InChI=1S/C30H42O/c1-2-3-4-5-6-7-8-9-10-11-12-13-14-17-23-31-30-22-18-21-28-24-26-19-15-16-20-27(26)25-29(28)30/h15-16,18-22,24-25H,2-14,17,23H2,1H3. The van der Waals surface area contributed by atoms with Gasteiger partial charge in [-0.1, -0.05) is 127 Å². The summed E-state index contributed by atoms with van der Waals surface area (Å²) < 4.78 is 6.18. The molecular weight excluding hydrogens is 376 g/mol. The van der Waals surface area contributed by atoms with Crippen molar-refractivity contribution in [3.05, 3.63) is 54.6 Å². The Labute approximate surface area is 190 Å². The van der Waals surface area contributed by atoms with Gasteiger partial charge in [0.2, 0.25) is 0 Å². The first-order valence-electron chi connectivity index (χ1n) is 12.9. The van der Waals surface area contributed by atoms with E-state index in [9.17, 15) is 0 Å². The molecule has 3 aromatic carbocycles. The Balaban J connectivity index is 1.25. The van der Waals surface area contributed by atoms with Gasteiger partial charge in [-0.25, -0.2) is 0 Å². The molecule has 0 spiro atoms. The summed E-state index contributed by atoms with van der Waals surface area (Å²) >= 11 is 0. The highest BCUT2D eigenvalue weighted by atomic mass is 16.5. The molecule has 0 aliphatic carbocycles. The molecule has 0 amide bonds. The number of rotatable bonds is 16. The van der Waals surface area contributed by atoms with Crippen LogP contribution in [0.15, 0.2) is 54.6 Å². The van der Waals surface area contributed by atoms with E-state index in [1.54, 1.807) is 0 Å². The van der Waals surface area contributed by atoms with E-state index >= 15 is 0 Å². The van der Waals surface area contributed by atoms with Crippen LogP contribution >= 0.6 is 0 Å². The molecule has 0 aliphatic heterocycles. The second-order valence-electron chi connectivity index (χ2n) is 9.12. The van der Waals surface area contributed by atoms with Gasteiger partial charge in [0, 0.05) is 5.39 Å². The molecule has 0 aliphatic rings. The van der Waals surface area contributed by atoms with Crippen LogP contribution in [0.2, 0.25) is 0 Å². The molecule has 0 heterocycles. The second-order valence-corrected chi connectivity index (χ2v) is 9.12. The lowest BCUT2D eigenvalue weighted by Crippen LogP contribution is -1.98. The highest BCUT2D eigenvalue weighted by molar-refractivity contribution is 6.00. The predicted molar refractivity (Wildman–Crippen MR) is 137 cm³/mol. The molecule has 0 fully saturated rings. The minimum Gasteiger partial charge on any atom is -0.493 e. The average Bonchev–Trinajstić information content (AvgIpc) is 2.80. The molecule has 1 nitrogen and oxygen atoms in total. The van der Waals surface area contributed by atoms with Gasteiger partial charge in [-0.2, -0.15) is 0 Å². The summed E-state index contributed by atoms with van der Waals surface area (Å²) in [6.45, 7) is 3.11. The van der Waals surface area contributed by atoms with E-state index in [1.807, 2.05) is 0 Å². The Morgan fingerprint density at radius 2 is 1.03 bits per heavy atom. The first-order valence-corrected chi connectivity index (χ1v) is 12.9. The normalized spacial score (nSPS) is 11.4. The Hall–Kier alpha value is -2.02. The zero-order valence-corrected chi connectivity index (χ0v) is 19.7. The number of ether oxygens (including phenoxy) is 1. The third-order valence-corrected chi connectivity index (χ3v) is 6.46. The molecule has 168 valence electrons. The molecular formula is C30H42O. The summed E-state index contributed by atoms with van der Waals surface area (Å²) in [5.41, 5.74) is 0. The molecule has 0 saturated carbocycles. The minimum absolute atomic E-state index is 0.823. The topological polar surface area (TPSA) is 9.23 Å². The number of benzene rings is 3. The highest BCUT2D eigenvalue weighted by Gasteiger charge is 2.04. The predicted octanol–water partition coefficient (Wildman–Crippen LogP) is 9.85. The van der Waals surface area contributed by atoms with Crippen LogP contribution in [-0.2, 0) is 0 Å². The van der Waals surface area contributed by atoms with Crippen LogP contribution in [0.25, 0.3) is 21.5 Å². The van der Waals surface area contributed by atoms with Crippen molar-refractivity contribution in [2.75, 3.05) is 6.61 Å². The van der Waals surface area contributed by atoms with Crippen molar-refractivity contribution in [1.82, 2.24) is 0 Å². The van der Waals surface area contributed by atoms with E-state index < -0.39 is 0 Å². The van der Waals surface area contributed by atoms with Gasteiger partial charge < -0.3 is 4.74 Å². The van der Waals surface area contributed by atoms with Crippen LogP contribution in [-0.4, -0.2) is 6.61 Å². The highest BCUT2D eigenvalue weighted by Crippen LogP contribution is 2.30. The van der Waals surface area contributed by atoms with Crippen LogP contribution in [0.5, 0.6) is 5.75 Å². The Kier molecular flexibility index (Phi) is 10.8. The lowest BCUT2D eigenvalue weighted by molar-refractivity contribution is 0.307. The monoisotopic (exact) mass is 418 g/mol. The zero-order valence-electron chi connectivity index (χ0n) is 19.7. The number of hydrogen-bond acceptors (Lipinski definition) is 1. The molecule has 0 saturated heterocycles. The van der Waals surface area contributed by atoms with Crippen molar-refractivity contribution in [2.45, 2.75) is 96.8 Å². The summed E-state index contributed by atoms with van der Waals surface area (Å²) in [6, 6.07) is 19.5.